The number of guanidine groups is 1. The Hall–Kier alpha value is -3.11. The highest BCUT2D eigenvalue weighted by Gasteiger charge is 2.15. The highest BCUT2D eigenvalue weighted by Crippen LogP contribution is 2.26. The fourth-order valence-corrected chi connectivity index (χ4v) is 2.32. The van der Waals surface area contributed by atoms with Crippen LogP contribution in [0.1, 0.15) is 0 Å². The lowest BCUT2D eigenvalue weighted by molar-refractivity contribution is 0.991. The summed E-state index contributed by atoms with van der Waals surface area (Å²) < 4.78 is 0. The van der Waals surface area contributed by atoms with Gasteiger partial charge in [0.25, 0.3) is 0 Å². The average Bonchev–Trinajstić information content (AvgIpc) is 2.64. The molecule has 0 heterocycles. The number of anilines is 2. The molecular formula is C19H18N4. The molecule has 0 unspecified atom stereocenters. The zero-order valence-corrected chi connectivity index (χ0v) is 12.6. The third-order valence-corrected chi connectivity index (χ3v) is 3.36. The van der Waals surface area contributed by atoms with Gasteiger partial charge in [0.05, 0.1) is 5.69 Å². The predicted molar refractivity (Wildman–Crippen MR) is 95.9 cm³/mol. The largest absolute Gasteiger partial charge is 0.293 e. The van der Waals surface area contributed by atoms with E-state index in [-0.39, 0.29) is 0 Å². The molecule has 0 aliphatic rings. The summed E-state index contributed by atoms with van der Waals surface area (Å²) in [4.78, 5) is 6.62. The number of hydrogen-bond acceptors (Lipinski definition) is 2. The minimum absolute atomic E-state index is 0.550. The Morgan fingerprint density at radius 2 is 1.13 bits per heavy atom. The van der Waals surface area contributed by atoms with Gasteiger partial charge in [-0.15, -0.1) is 0 Å². The van der Waals surface area contributed by atoms with Crippen molar-refractivity contribution in [3.63, 3.8) is 0 Å². The van der Waals surface area contributed by atoms with E-state index in [0.29, 0.717) is 5.96 Å². The summed E-state index contributed by atoms with van der Waals surface area (Å²) in [7, 11) is 0. The molecule has 0 radical (unpaired) electrons. The molecule has 4 heteroatoms. The van der Waals surface area contributed by atoms with Crippen LogP contribution in [0.5, 0.6) is 0 Å². The number of rotatable bonds is 3. The molecule has 4 nitrogen and oxygen atoms in total. The smallest absolute Gasteiger partial charge is 0.222 e. The van der Waals surface area contributed by atoms with E-state index in [0.717, 1.165) is 17.1 Å². The van der Waals surface area contributed by atoms with Crippen LogP contribution < -0.4 is 16.2 Å². The number of aliphatic imine (C=N–C) groups is 1. The molecule has 114 valence electrons. The summed E-state index contributed by atoms with van der Waals surface area (Å²) in [5.41, 5.74) is 5.51. The maximum Gasteiger partial charge on any atom is 0.222 e. The normalized spacial score (nSPS) is 11.1. The van der Waals surface area contributed by atoms with E-state index in [4.69, 9.17) is 5.84 Å². The molecule has 3 N–H and O–H groups in total. The van der Waals surface area contributed by atoms with E-state index < -0.39 is 0 Å². The van der Waals surface area contributed by atoms with Gasteiger partial charge in [-0.2, -0.15) is 0 Å². The molecule has 3 aromatic rings. The lowest BCUT2D eigenvalue weighted by atomic mass is 10.2. The van der Waals surface area contributed by atoms with Gasteiger partial charge in [0.1, 0.15) is 0 Å². The maximum absolute atomic E-state index is 5.77. The number of hydrogen-bond donors (Lipinski definition) is 2. The molecule has 0 atom stereocenters. The first kappa shape index (κ1) is 14.8. The second-order valence-corrected chi connectivity index (χ2v) is 4.92. The Bertz CT molecular complexity index is 716. The topological polar surface area (TPSA) is 53.6 Å². The van der Waals surface area contributed by atoms with Crippen molar-refractivity contribution in [3.8, 4) is 0 Å². The number of nitrogens with one attached hydrogen (secondary N) is 1. The first-order valence-electron chi connectivity index (χ1n) is 7.39. The Morgan fingerprint density at radius 3 is 1.57 bits per heavy atom. The van der Waals surface area contributed by atoms with Crippen LogP contribution in [-0.4, -0.2) is 5.96 Å². The van der Waals surface area contributed by atoms with Gasteiger partial charge in [0.2, 0.25) is 5.96 Å². The van der Waals surface area contributed by atoms with E-state index in [1.807, 2.05) is 95.9 Å². The van der Waals surface area contributed by atoms with Gasteiger partial charge in [-0.3, -0.25) is 10.3 Å². The Labute approximate surface area is 135 Å². The number of hydrazine groups is 1. The third kappa shape index (κ3) is 3.56. The lowest BCUT2D eigenvalue weighted by Crippen LogP contribution is -2.42. The van der Waals surface area contributed by atoms with Crippen molar-refractivity contribution in [3.05, 3.63) is 91.0 Å². The van der Waals surface area contributed by atoms with Crippen LogP contribution in [0.4, 0.5) is 17.1 Å². The standard InChI is InChI=1S/C19H18N4/c20-22-19(21-16-10-4-1-5-11-16)23(17-12-6-2-7-13-17)18-14-8-3-9-15-18/h1-15H,20H2,(H,21,22). The fraction of sp³-hybridized carbons (Fsp3) is 0. The first-order valence-corrected chi connectivity index (χ1v) is 7.39. The number of benzene rings is 3. The van der Waals surface area contributed by atoms with Crippen molar-refractivity contribution in [1.82, 2.24) is 5.43 Å². The van der Waals surface area contributed by atoms with E-state index >= 15 is 0 Å². The number of nitrogens with two attached hydrogens (primary N) is 1. The Kier molecular flexibility index (Phi) is 4.66. The third-order valence-electron chi connectivity index (χ3n) is 3.36. The van der Waals surface area contributed by atoms with Gasteiger partial charge in [-0.25, -0.2) is 10.8 Å². The molecule has 0 fully saturated rings. The molecule has 0 saturated carbocycles. The molecule has 0 aromatic heterocycles. The Morgan fingerprint density at radius 1 is 0.696 bits per heavy atom. The van der Waals surface area contributed by atoms with Crippen molar-refractivity contribution >= 4 is 23.0 Å². The van der Waals surface area contributed by atoms with Crippen LogP contribution in [0.2, 0.25) is 0 Å². The highest BCUT2D eigenvalue weighted by molar-refractivity contribution is 6.03. The van der Waals surface area contributed by atoms with Crippen molar-refractivity contribution in [2.45, 2.75) is 0 Å². The predicted octanol–water partition coefficient (Wildman–Crippen LogP) is 3.98. The van der Waals surface area contributed by atoms with E-state index in [1.165, 1.54) is 0 Å². The quantitative estimate of drug-likeness (QED) is 0.333. The summed E-state index contributed by atoms with van der Waals surface area (Å²) in [5.74, 6) is 6.32. The molecule has 3 rings (SSSR count). The molecule has 0 aliphatic carbocycles. The molecule has 0 saturated heterocycles. The van der Waals surface area contributed by atoms with Gasteiger partial charge in [0, 0.05) is 11.4 Å². The van der Waals surface area contributed by atoms with Crippen LogP contribution in [0.25, 0.3) is 0 Å². The summed E-state index contributed by atoms with van der Waals surface area (Å²) >= 11 is 0. The maximum atomic E-state index is 5.77. The van der Waals surface area contributed by atoms with Crippen LogP contribution in [0.3, 0.4) is 0 Å². The average molecular weight is 302 g/mol. The van der Waals surface area contributed by atoms with Crippen molar-refractivity contribution in [2.24, 2.45) is 10.8 Å². The number of para-hydroxylation sites is 3. The SMILES string of the molecule is NNC(=Nc1ccccc1)N(c1ccccc1)c1ccccc1. The zero-order valence-electron chi connectivity index (χ0n) is 12.6. The van der Waals surface area contributed by atoms with Crippen LogP contribution in [-0.2, 0) is 0 Å². The minimum Gasteiger partial charge on any atom is -0.293 e. The molecule has 23 heavy (non-hydrogen) atoms. The summed E-state index contributed by atoms with van der Waals surface area (Å²) in [6, 6.07) is 29.7. The second kappa shape index (κ2) is 7.24. The summed E-state index contributed by atoms with van der Waals surface area (Å²) in [6.07, 6.45) is 0. The van der Waals surface area contributed by atoms with Gasteiger partial charge < -0.3 is 0 Å². The van der Waals surface area contributed by atoms with E-state index in [1.54, 1.807) is 0 Å². The van der Waals surface area contributed by atoms with Crippen molar-refractivity contribution < 1.29 is 0 Å². The molecule has 0 bridgehead atoms. The van der Waals surface area contributed by atoms with E-state index in [9.17, 15) is 0 Å². The second-order valence-electron chi connectivity index (χ2n) is 4.92. The van der Waals surface area contributed by atoms with Gasteiger partial charge >= 0.3 is 0 Å². The fourth-order valence-electron chi connectivity index (χ4n) is 2.32. The van der Waals surface area contributed by atoms with Crippen molar-refractivity contribution in [2.75, 3.05) is 4.90 Å². The molecule has 0 aliphatic heterocycles. The van der Waals surface area contributed by atoms with Gasteiger partial charge in [-0.05, 0) is 36.4 Å². The van der Waals surface area contributed by atoms with E-state index in [2.05, 4.69) is 10.4 Å². The molecule has 0 amide bonds. The molecule has 3 aromatic carbocycles. The monoisotopic (exact) mass is 302 g/mol. The Balaban J connectivity index is 2.09. The molecule has 0 spiro atoms. The first-order chi connectivity index (χ1) is 11.4. The lowest BCUT2D eigenvalue weighted by Gasteiger charge is -2.25. The summed E-state index contributed by atoms with van der Waals surface area (Å²) in [6.45, 7) is 0. The zero-order chi connectivity index (χ0) is 15.9. The van der Waals surface area contributed by atoms with Crippen LogP contribution in [0, 0.1) is 0 Å². The minimum atomic E-state index is 0.550. The van der Waals surface area contributed by atoms with Gasteiger partial charge in [0.15, 0.2) is 0 Å². The number of nitrogens with zero attached hydrogens (tertiary/aromatic N) is 2. The van der Waals surface area contributed by atoms with Crippen LogP contribution in [0.15, 0.2) is 96.0 Å². The van der Waals surface area contributed by atoms with Crippen LogP contribution >= 0.6 is 0 Å². The molecular weight excluding hydrogens is 284 g/mol. The van der Waals surface area contributed by atoms with Crippen molar-refractivity contribution in [1.29, 1.82) is 0 Å². The summed E-state index contributed by atoms with van der Waals surface area (Å²) in [5, 5.41) is 0. The highest BCUT2D eigenvalue weighted by atomic mass is 15.4. The van der Waals surface area contributed by atoms with Gasteiger partial charge in [-0.1, -0.05) is 54.6 Å².